The predicted octanol–water partition coefficient (Wildman–Crippen LogP) is 6.27. The van der Waals surface area contributed by atoms with Crippen LogP contribution in [0.5, 0.6) is 0 Å². The Morgan fingerprint density at radius 3 is 2.22 bits per heavy atom. The van der Waals surface area contributed by atoms with Crippen molar-refractivity contribution in [3.05, 3.63) is 106 Å². The first-order valence-corrected chi connectivity index (χ1v) is 13.6. The zero-order valence-corrected chi connectivity index (χ0v) is 22.2. The summed E-state index contributed by atoms with van der Waals surface area (Å²) in [5.41, 5.74) is 2.28. The molecule has 2 atom stereocenters. The SMILES string of the molecule is CC[C@@H](C)NC(=O)[C@@H](Cc1ccccc1)N(Cc1ccccc1)C(=O)CSCc1c(F)cccc1Cl. The zero-order chi connectivity index (χ0) is 25.9. The molecule has 4 nitrogen and oxygen atoms in total. The molecule has 0 spiro atoms. The van der Waals surface area contributed by atoms with E-state index in [2.05, 4.69) is 5.32 Å². The summed E-state index contributed by atoms with van der Waals surface area (Å²) in [4.78, 5) is 28.7. The van der Waals surface area contributed by atoms with E-state index in [1.54, 1.807) is 17.0 Å². The fourth-order valence-corrected chi connectivity index (χ4v) is 5.02. The molecule has 0 aliphatic heterocycles. The van der Waals surface area contributed by atoms with Gasteiger partial charge < -0.3 is 10.2 Å². The van der Waals surface area contributed by atoms with Crippen LogP contribution in [0.1, 0.15) is 37.0 Å². The van der Waals surface area contributed by atoms with Gasteiger partial charge in [-0.25, -0.2) is 4.39 Å². The molecule has 2 amide bonds. The quantitative estimate of drug-likeness (QED) is 0.303. The molecular weight excluding hydrogens is 495 g/mol. The molecule has 0 saturated heterocycles. The van der Waals surface area contributed by atoms with Gasteiger partial charge in [-0.3, -0.25) is 9.59 Å². The number of hydrogen-bond acceptors (Lipinski definition) is 3. The lowest BCUT2D eigenvalue weighted by Gasteiger charge is -2.32. The second-order valence-corrected chi connectivity index (χ2v) is 10.1. The second-order valence-electron chi connectivity index (χ2n) is 8.72. The molecule has 3 rings (SSSR count). The number of carbonyl (C=O) groups is 2. The minimum absolute atomic E-state index is 0.0120. The monoisotopic (exact) mass is 526 g/mol. The van der Waals surface area contributed by atoms with Crippen molar-refractivity contribution in [3.8, 4) is 0 Å². The lowest BCUT2D eigenvalue weighted by Crippen LogP contribution is -2.52. The highest BCUT2D eigenvalue weighted by Gasteiger charge is 2.31. The van der Waals surface area contributed by atoms with Crippen LogP contribution >= 0.6 is 23.4 Å². The molecular formula is C29H32ClFN2O2S. The molecule has 7 heteroatoms. The summed E-state index contributed by atoms with van der Waals surface area (Å²) in [6.45, 7) is 4.26. The van der Waals surface area contributed by atoms with Crippen molar-refractivity contribution in [1.29, 1.82) is 0 Å². The molecule has 0 aliphatic carbocycles. The lowest BCUT2D eigenvalue weighted by molar-refractivity contribution is -0.139. The van der Waals surface area contributed by atoms with Crippen LogP contribution in [0.2, 0.25) is 5.02 Å². The first kappa shape index (κ1) is 27.8. The van der Waals surface area contributed by atoms with E-state index in [-0.39, 0.29) is 29.4 Å². The number of thioether (sulfide) groups is 1. The van der Waals surface area contributed by atoms with E-state index in [9.17, 15) is 14.0 Å². The van der Waals surface area contributed by atoms with Gasteiger partial charge in [-0.2, -0.15) is 0 Å². The number of benzene rings is 3. The predicted molar refractivity (Wildman–Crippen MR) is 146 cm³/mol. The molecule has 0 heterocycles. The van der Waals surface area contributed by atoms with Crippen molar-refractivity contribution in [3.63, 3.8) is 0 Å². The maximum absolute atomic E-state index is 14.2. The van der Waals surface area contributed by atoms with Gasteiger partial charge in [0.05, 0.1) is 5.75 Å². The van der Waals surface area contributed by atoms with Gasteiger partial charge in [-0.1, -0.05) is 85.3 Å². The smallest absolute Gasteiger partial charge is 0.243 e. The Hall–Kier alpha value is -2.83. The highest BCUT2D eigenvalue weighted by atomic mass is 35.5. The summed E-state index contributed by atoms with van der Waals surface area (Å²) in [5.74, 6) is -0.396. The Balaban J connectivity index is 1.85. The molecule has 0 fully saturated rings. The largest absolute Gasteiger partial charge is 0.352 e. The number of nitrogens with one attached hydrogen (secondary N) is 1. The molecule has 0 aliphatic rings. The standard InChI is InChI=1S/C29H32ClFN2O2S/c1-3-21(2)32-29(35)27(17-22-11-6-4-7-12-22)33(18-23-13-8-5-9-14-23)28(34)20-36-19-24-25(30)15-10-16-26(24)31/h4-16,21,27H,3,17-20H2,1-2H3,(H,32,35)/t21-,27-/m1/s1. The fourth-order valence-electron chi connectivity index (χ4n) is 3.77. The van der Waals surface area contributed by atoms with Crippen molar-refractivity contribution < 1.29 is 14.0 Å². The van der Waals surface area contributed by atoms with E-state index >= 15 is 0 Å². The number of rotatable bonds is 12. The Morgan fingerprint density at radius 1 is 0.972 bits per heavy atom. The van der Waals surface area contributed by atoms with Crippen molar-refractivity contribution in [1.82, 2.24) is 10.2 Å². The molecule has 0 unspecified atom stereocenters. The Bertz CT molecular complexity index is 1110. The minimum atomic E-state index is -0.688. The van der Waals surface area contributed by atoms with Crippen molar-refractivity contribution in [2.24, 2.45) is 0 Å². The molecule has 1 N–H and O–H groups in total. The molecule has 36 heavy (non-hydrogen) atoms. The van der Waals surface area contributed by atoms with Crippen LogP contribution in [0.15, 0.2) is 78.9 Å². The van der Waals surface area contributed by atoms with Gasteiger partial charge >= 0.3 is 0 Å². The van der Waals surface area contributed by atoms with E-state index < -0.39 is 11.9 Å². The highest BCUT2D eigenvalue weighted by Crippen LogP contribution is 2.25. The Kier molecular flexibility index (Phi) is 10.8. The molecule has 0 aromatic heterocycles. The maximum atomic E-state index is 14.2. The summed E-state index contributed by atoms with van der Waals surface area (Å²) < 4.78 is 14.2. The normalized spacial score (nSPS) is 12.6. The molecule has 0 saturated carbocycles. The van der Waals surface area contributed by atoms with Crippen LogP contribution in [0, 0.1) is 5.82 Å². The first-order chi connectivity index (χ1) is 17.4. The second kappa shape index (κ2) is 14.0. The first-order valence-electron chi connectivity index (χ1n) is 12.1. The topological polar surface area (TPSA) is 49.4 Å². The average Bonchev–Trinajstić information content (AvgIpc) is 2.88. The molecule has 0 radical (unpaired) electrons. The number of nitrogens with zero attached hydrogens (tertiary/aromatic N) is 1. The summed E-state index contributed by atoms with van der Waals surface area (Å²) >= 11 is 7.45. The van der Waals surface area contributed by atoms with Crippen molar-refractivity contribution >= 4 is 35.2 Å². The highest BCUT2D eigenvalue weighted by molar-refractivity contribution is 7.99. The number of halogens is 2. The van der Waals surface area contributed by atoms with Crippen LogP contribution < -0.4 is 5.32 Å². The summed E-state index contributed by atoms with van der Waals surface area (Å²) in [6.07, 6.45) is 1.18. The van der Waals surface area contributed by atoms with Crippen LogP contribution in [0.25, 0.3) is 0 Å². The van der Waals surface area contributed by atoms with Crippen LogP contribution in [0.4, 0.5) is 4.39 Å². The zero-order valence-electron chi connectivity index (χ0n) is 20.6. The van der Waals surface area contributed by atoms with Crippen LogP contribution in [0.3, 0.4) is 0 Å². The minimum Gasteiger partial charge on any atom is -0.352 e. The summed E-state index contributed by atoms with van der Waals surface area (Å²) in [6, 6.07) is 23.2. The third kappa shape index (κ3) is 8.10. The summed E-state index contributed by atoms with van der Waals surface area (Å²) in [5, 5.41) is 3.40. The Morgan fingerprint density at radius 2 is 1.61 bits per heavy atom. The van der Waals surface area contributed by atoms with E-state index in [4.69, 9.17) is 11.6 Å². The third-order valence-electron chi connectivity index (χ3n) is 6.00. The number of hydrogen-bond donors (Lipinski definition) is 1. The average molecular weight is 527 g/mol. The van der Waals surface area contributed by atoms with Crippen molar-refractivity contribution in [2.45, 2.75) is 51.1 Å². The molecule has 3 aromatic rings. The van der Waals surface area contributed by atoms with Gasteiger partial charge in [0.15, 0.2) is 0 Å². The van der Waals surface area contributed by atoms with E-state index in [1.165, 1.54) is 17.8 Å². The van der Waals surface area contributed by atoms with Crippen LogP contribution in [-0.2, 0) is 28.3 Å². The van der Waals surface area contributed by atoms with Gasteiger partial charge in [-0.05, 0) is 36.6 Å². The van der Waals surface area contributed by atoms with Gasteiger partial charge in [0.1, 0.15) is 11.9 Å². The van der Waals surface area contributed by atoms with E-state index in [1.807, 2.05) is 74.5 Å². The van der Waals surface area contributed by atoms with Crippen molar-refractivity contribution in [2.75, 3.05) is 5.75 Å². The molecule has 190 valence electrons. The van der Waals surface area contributed by atoms with Gasteiger partial charge in [0, 0.05) is 35.3 Å². The van der Waals surface area contributed by atoms with E-state index in [0.29, 0.717) is 23.6 Å². The van der Waals surface area contributed by atoms with E-state index in [0.717, 1.165) is 17.5 Å². The van der Waals surface area contributed by atoms with Gasteiger partial charge in [0.25, 0.3) is 0 Å². The van der Waals surface area contributed by atoms with Gasteiger partial charge in [0.2, 0.25) is 11.8 Å². The third-order valence-corrected chi connectivity index (χ3v) is 7.30. The molecule has 0 bridgehead atoms. The summed E-state index contributed by atoms with van der Waals surface area (Å²) in [7, 11) is 0. The maximum Gasteiger partial charge on any atom is 0.243 e. The number of amides is 2. The lowest BCUT2D eigenvalue weighted by atomic mass is 10.0. The Labute approximate surface area is 222 Å². The molecule has 3 aromatic carbocycles. The van der Waals surface area contributed by atoms with Crippen LogP contribution in [-0.4, -0.2) is 34.6 Å². The fraction of sp³-hybridized carbons (Fsp3) is 0.310. The van der Waals surface area contributed by atoms with Gasteiger partial charge in [-0.15, -0.1) is 11.8 Å². The number of carbonyl (C=O) groups excluding carboxylic acids is 2.